The van der Waals surface area contributed by atoms with Crippen LogP contribution < -0.4 is 5.32 Å². The van der Waals surface area contributed by atoms with Crippen molar-refractivity contribution in [1.82, 2.24) is 29.4 Å². The van der Waals surface area contributed by atoms with Gasteiger partial charge in [0.05, 0.1) is 12.7 Å². The van der Waals surface area contributed by atoms with Crippen molar-refractivity contribution in [3.8, 4) is 0 Å². The quantitative estimate of drug-likeness (QED) is 0.613. The number of hydrogen-bond donors (Lipinski definition) is 1. The second kappa shape index (κ2) is 6.11. The van der Waals surface area contributed by atoms with Crippen molar-refractivity contribution in [2.75, 3.05) is 5.32 Å². The minimum absolute atomic E-state index is 0.150. The number of fused-ring (bicyclic) bond motifs is 1. The molecule has 25 heavy (non-hydrogen) atoms. The lowest BCUT2D eigenvalue weighted by Gasteiger charge is -2.01. The van der Waals surface area contributed by atoms with Crippen LogP contribution in [0.4, 0.5) is 10.3 Å². The zero-order chi connectivity index (χ0) is 17.2. The van der Waals surface area contributed by atoms with Crippen LogP contribution >= 0.6 is 0 Å². The molecule has 4 aromatic rings. The van der Waals surface area contributed by atoms with E-state index in [4.69, 9.17) is 0 Å². The molecule has 0 spiro atoms. The fourth-order valence-corrected chi connectivity index (χ4v) is 2.41. The molecule has 0 bridgehead atoms. The number of anilines is 1. The van der Waals surface area contributed by atoms with Gasteiger partial charge in [0.2, 0.25) is 5.95 Å². The molecule has 1 aromatic carbocycles. The molecule has 1 amide bonds. The highest BCUT2D eigenvalue weighted by atomic mass is 19.1. The van der Waals surface area contributed by atoms with Crippen molar-refractivity contribution >= 4 is 17.5 Å². The lowest BCUT2D eigenvalue weighted by molar-refractivity contribution is 0.102. The average molecular weight is 337 g/mol. The number of halogens is 1. The highest BCUT2D eigenvalue weighted by Crippen LogP contribution is 2.10. The summed E-state index contributed by atoms with van der Waals surface area (Å²) in [5.74, 6) is -0.569. The molecular formula is C16H12FN7O. The Morgan fingerprint density at radius 2 is 2.16 bits per heavy atom. The zero-order valence-electron chi connectivity index (χ0n) is 12.9. The first-order chi connectivity index (χ1) is 12.2. The fraction of sp³-hybridized carbons (Fsp3) is 0.0625. The Morgan fingerprint density at radius 3 is 3.04 bits per heavy atom. The van der Waals surface area contributed by atoms with Crippen LogP contribution in [0.25, 0.3) is 5.65 Å². The van der Waals surface area contributed by atoms with E-state index in [1.807, 2.05) is 0 Å². The number of hydrogen-bond acceptors (Lipinski definition) is 5. The Labute approximate surface area is 141 Å². The summed E-state index contributed by atoms with van der Waals surface area (Å²) in [7, 11) is 0. The number of carbonyl (C=O) groups excluding carboxylic acids is 1. The summed E-state index contributed by atoms with van der Waals surface area (Å²) >= 11 is 0. The van der Waals surface area contributed by atoms with Crippen molar-refractivity contribution in [1.29, 1.82) is 0 Å². The topological polar surface area (TPSA) is 90.0 Å². The van der Waals surface area contributed by atoms with Gasteiger partial charge in [-0.15, -0.1) is 5.10 Å². The van der Waals surface area contributed by atoms with Gasteiger partial charge < -0.3 is 0 Å². The van der Waals surface area contributed by atoms with Gasteiger partial charge in [0, 0.05) is 12.4 Å². The molecule has 0 unspecified atom stereocenters. The Bertz CT molecular complexity index is 1060. The predicted molar refractivity (Wildman–Crippen MR) is 86.5 cm³/mol. The molecule has 8 nitrogen and oxygen atoms in total. The van der Waals surface area contributed by atoms with Crippen LogP contribution in [0.1, 0.15) is 15.9 Å². The molecule has 3 aromatic heterocycles. The Morgan fingerprint density at radius 1 is 1.24 bits per heavy atom. The van der Waals surface area contributed by atoms with Crippen molar-refractivity contribution < 1.29 is 9.18 Å². The SMILES string of the molecule is O=C(Nc1ncn(Cc2cccc(F)c2)n1)c1cnn2cccnc12. The van der Waals surface area contributed by atoms with Gasteiger partial charge in [-0.25, -0.2) is 23.6 Å². The second-order valence-corrected chi connectivity index (χ2v) is 5.30. The highest BCUT2D eigenvalue weighted by Gasteiger charge is 2.15. The minimum atomic E-state index is -0.405. The van der Waals surface area contributed by atoms with Gasteiger partial charge in [-0.05, 0) is 23.8 Å². The number of benzene rings is 1. The van der Waals surface area contributed by atoms with Crippen LogP contribution in [0.15, 0.2) is 55.2 Å². The largest absolute Gasteiger partial charge is 0.289 e. The van der Waals surface area contributed by atoms with Gasteiger partial charge in [0.1, 0.15) is 17.7 Å². The van der Waals surface area contributed by atoms with Gasteiger partial charge in [0.25, 0.3) is 5.91 Å². The van der Waals surface area contributed by atoms with E-state index in [9.17, 15) is 9.18 Å². The molecule has 0 aliphatic heterocycles. The first kappa shape index (κ1) is 14.9. The van der Waals surface area contributed by atoms with Crippen LogP contribution in [0.3, 0.4) is 0 Å². The molecule has 1 N–H and O–H groups in total. The monoisotopic (exact) mass is 337 g/mol. The third kappa shape index (κ3) is 3.07. The maximum absolute atomic E-state index is 13.2. The summed E-state index contributed by atoms with van der Waals surface area (Å²) in [4.78, 5) is 20.5. The van der Waals surface area contributed by atoms with E-state index in [2.05, 4.69) is 25.5 Å². The lowest BCUT2D eigenvalue weighted by Crippen LogP contribution is -2.13. The molecule has 4 rings (SSSR count). The van der Waals surface area contributed by atoms with Gasteiger partial charge in [0.15, 0.2) is 5.65 Å². The maximum atomic E-state index is 13.2. The van der Waals surface area contributed by atoms with E-state index < -0.39 is 5.91 Å². The van der Waals surface area contributed by atoms with E-state index >= 15 is 0 Å². The molecule has 0 saturated heterocycles. The number of nitrogens with zero attached hydrogens (tertiary/aromatic N) is 6. The van der Waals surface area contributed by atoms with Gasteiger partial charge in [-0.3, -0.25) is 10.1 Å². The Balaban J connectivity index is 1.50. The molecule has 0 atom stereocenters. The number of rotatable bonds is 4. The third-order valence-electron chi connectivity index (χ3n) is 3.52. The molecule has 0 aliphatic carbocycles. The average Bonchev–Trinajstić information content (AvgIpc) is 3.21. The van der Waals surface area contributed by atoms with Crippen molar-refractivity contribution in [2.45, 2.75) is 6.54 Å². The van der Waals surface area contributed by atoms with Crippen LogP contribution in [-0.2, 0) is 6.54 Å². The molecule has 9 heteroatoms. The normalized spacial score (nSPS) is 10.9. The lowest BCUT2D eigenvalue weighted by atomic mass is 10.2. The first-order valence-corrected chi connectivity index (χ1v) is 7.43. The second-order valence-electron chi connectivity index (χ2n) is 5.30. The zero-order valence-corrected chi connectivity index (χ0v) is 12.9. The molecule has 0 saturated carbocycles. The van der Waals surface area contributed by atoms with E-state index in [-0.39, 0.29) is 11.8 Å². The molecule has 124 valence electrons. The summed E-state index contributed by atoms with van der Waals surface area (Å²) in [6.45, 7) is 0.346. The number of aromatic nitrogens is 6. The predicted octanol–water partition coefficient (Wildman–Crippen LogP) is 1.76. The van der Waals surface area contributed by atoms with Gasteiger partial charge >= 0.3 is 0 Å². The summed E-state index contributed by atoms with van der Waals surface area (Å²) in [5.41, 5.74) is 1.51. The molecule has 0 fully saturated rings. The number of carbonyl (C=O) groups is 1. The number of amides is 1. The Kier molecular flexibility index (Phi) is 3.65. The van der Waals surface area contributed by atoms with Crippen LogP contribution in [0.5, 0.6) is 0 Å². The van der Waals surface area contributed by atoms with Crippen LogP contribution in [0, 0.1) is 5.82 Å². The number of nitrogens with one attached hydrogen (secondary N) is 1. The van der Waals surface area contributed by atoms with Gasteiger partial charge in [-0.1, -0.05) is 12.1 Å². The molecule has 0 aliphatic rings. The molecule has 0 radical (unpaired) electrons. The smallest absolute Gasteiger partial charge is 0.263 e. The van der Waals surface area contributed by atoms with Crippen LogP contribution in [-0.4, -0.2) is 35.3 Å². The molecular weight excluding hydrogens is 325 g/mol. The van der Waals surface area contributed by atoms with E-state index in [1.54, 1.807) is 30.6 Å². The summed E-state index contributed by atoms with van der Waals surface area (Å²) in [6.07, 6.45) is 6.18. The highest BCUT2D eigenvalue weighted by molar-refractivity contribution is 6.07. The fourth-order valence-electron chi connectivity index (χ4n) is 2.41. The van der Waals surface area contributed by atoms with E-state index in [0.717, 1.165) is 5.56 Å². The third-order valence-corrected chi connectivity index (χ3v) is 3.52. The summed E-state index contributed by atoms with van der Waals surface area (Å²) in [5, 5.41) is 10.8. The molecule has 3 heterocycles. The van der Waals surface area contributed by atoms with Crippen molar-refractivity contribution in [2.24, 2.45) is 0 Å². The van der Waals surface area contributed by atoms with E-state index in [0.29, 0.717) is 17.8 Å². The van der Waals surface area contributed by atoms with Gasteiger partial charge in [-0.2, -0.15) is 5.10 Å². The van der Waals surface area contributed by atoms with E-state index in [1.165, 1.54) is 33.9 Å². The standard InChI is InChI=1S/C16H12FN7O/c17-12-4-1-3-11(7-12)9-23-10-19-16(22-23)21-15(25)13-8-20-24-6-2-5-18-14(13)24/h1-8,10H,9H2,(H,21,22,25). The Hall–Kier alpha value is -3.62. The van der Waals surface area contributed by atoms with Crippen LogP contribution in [0.2, 0.25) is 0 Å². The van der Waals surface area contributed by atoms with Crippen molar-refractivity contribution in [3.63, 3.8) is 0 Å². The first-order valence-electron chi connectivity index (χ1n) is 7.43. The summed E-state index contributed by atoms with van der Waals surface area (Å²) < 4.78 is 16.2. The minimum Gasteiger partial charge on any atom is -0.289 e. The maximum Gasteiger partial charge on any atom is 0.263 e. The summed E-state index contributed by atoms with van der Waals surface area (Å²) in [6, 6.07) is 7.93. The van der Waals surface area contributed by atoms with Crippen molar-refractivity contribution in [3.05, 3.63) is 72.2 Å².